The van der Waals surface area contributed by atoms with Crippen molar-refractivity contribution in [3.8, 4) is 0 Å². The van der Waals surface area contributed by atoms with Crippen LogP contribution in [0.4, 0.5) is 5.69 Å². The Kier molecular flexibility index (Phi) is 5.13. The predicted octanol–water partition coefficient (Wildman–Crippen LogP) is 3.18. The summed E-state index contributed by atoms with van der Waals surface area (Å²) in [5, 5.41) is 3.26. The molecule has 2 heterocycles. The van der Waals surface area contributed by atoms with Gasteiger partial charge in [0.15, 0.2) is 0 Å². The smallest absolute Gasteiger partial charge is 0.0588 e. The van der Waals surface area contributed by atoms with Crippen molar-refractivity contribution < 1.29 is 0 Å². The first-order valence-electron chi connectivity index (χ1n) is 8.74. The largest absolute Gasteiger partial charge is 0.369 e. The van der Waals surface area contributed by atoms with Gasteiger partial charge in [-0.05, 0) is 43.4 Å². The van der Waals surface area contributed by atoms with Gasteiger partial charge in [-0.25, -0.2) is 0 Å². The lowest BCUT2D eigenvalue weighted by atomic mass is 9.83. The second-order valence-electron chi connectivity index (χ2n) is 6.70. The van der Waals surface area contributed by atoms with Crippen LogP contribution in [0.3, 0.4) is 0 Å². The third kappa shape index (κ3) is 3.57. The molecule has 0 aromatic carbocycles. The fraction of sp³-hybridized carbons (Fsp3) is 0.722. The van der Waals surface area contributed by atoms with Crippen molar-refractivity contribution in [2.45, 2.75) is 51.4 Å². The van der Waals surface area contributed by atoms with E-state index >= 15 is 0 Å². The number of fused-ring (bicyclic) bond motifs is 1. The standard InChI is InChI=1S/C18H29N3/c1-19-9-11-21-10-5-8-17-16(13-20-14-18(17)21)12-15-6-3-2-4-7-15/h13-15,19H,2-12H2,1H3. The minimum atomic E-state index is 0.903. The first kappa shape index (κ1) is 14.8. The van der Waals surface area contributed by atoms with Gasteiger partial charge in [0.25, 0.3) is 0 Å². The van der Waals surface area contributed by atoms with E-state index in [1.165, 1.54) is 69.2 Å². The Morgan fingerprint density at radius 3 is 2.86 bits per heavy atom. The van der Waals surface area contributed by atoms with E-state index in [0.717, 1.165) is 19.0 Å². The summed E-state index contributed by atoms with van der Waals surface area (Å²) < 4.78 is 0. The number of anilines is 1. The molecule has 0 bridgehead atoms. The minimum absolute atomic E-state index is 0.903. The molecule has 1 aliphatic heterocycles. The lowest BCUT2D eigenvalue weighted by Gasteiger charge is -2.33. The molecule has 21 heavy (non-hydrogen) atoms. The van der Waals surface area contributed by atoms with Gasteiger partial charge < -0.3 is 10.2 Å². The van der Waals surface area contributed by atoms with E-state index in [9.17, 15) is 0 Å². The van der Waals surface area contributed by atoms with E-state index < -0.39 is 0 Å². The zero-order valence-electron chi connectivity index (χ0n) is 13.4. The highest BCUT2D eigenvalue weighted by atomic mass is 15.2. The number of hydrogen-bond donors (Lipinski definition) is 1. The van der Waals surface area contributed by atoms with E-state index in [2.05, 4.69) is 27.6 Å². The number of aromatic nitrogens is 1. The van der Waals surface area contributed by atoms with Crippen molar-refractivity contribution in [1.82, 2.24) is 10.3 Å². The van der Waals surface area contributed by atoms with Crippen LogP contribution in [-0.2, 0) is 12.8 Å². The second-order valence-corrected chi connectivity index (χ2v) is 6.70. The van der Waals surface area contributed by atoms with Gasteiger partial charge in [0.05, 0.1) is 11.9 Å². The zero-order chi connectivity index (χ0) is 14.5. The molecule has 0 spiro atoms. The Hall–Kier alpha value is -1.09. The molecular weight excluding hydrogens is 258 g/mol. The number of rotatable bonds is 5. The fourth-order valence-corrected chi connectivity index (χ4v) is 4.00. The molecular formula is C18H29N3. The van der Waals surface area contributed by atoms with Crippen LogP contribution in [0.5, 0.6) is 0 Å². The van der Waals surface area contributed by atoms with Crippen LogP contribution in [-0.4, -0.2) is 31.7 Å². The molecule has 2 aliphatic rings. The number of pyridine rings is 1. The molecule has 0 amide bonds. The Morgan fingerprint density at radius 2 is 2.05 bits per heavy atom. The maximum absolute atomic E-state index is 4.56. The van der Waals surface area contributed by atoms with E-state index in [4.69, 9.17) is 0 Å². The van der Waals surface area contributed by atoms with Gasteiger partial charge in [-0.2, -0.15) is 0 Å². The Labute approximate surface area is 129 Å². The van der Waals surface area contributed by atoms with Crippen molar-refractivity contribution in [3.63, 3.8) is 0 Å². The van der Waals surface area contributed by atoms with Crippen molar-refractivity contribution in [3.05, 3.63) is 23.5 Å². The second kappa shape index (κ2) is 7.26. The highest BCUT2D eigenvalue weighted by molar-refractivity contribution is 5.56. The minimum Gasteiger partial charge on any atom is -0.369 e. The number of hydrogen-bond acceptors (Lipinski definition) is 3. The van der Waals surface area contributed by atoms with Gasteiger partial charge in [0.2, 0.25) is 0 Å². The first-order valence-corrected chi connectivity index (χ1v) is 8.74. The predicted molar refractivity (Wildman–Crippen MR) is 89.0 cm³/mol. The Morgan fingerprint density at radius 1 is 1.19 bits per heavy atom. The van der Waals surface area contributed by atoms with E-state index in [1.807, 2.05) is 7.05 Å². The van der Waals surface area contributed by atoms with Gasteiger partial charge in [0.1, 0.15) is 0 Å². The molecule has 0 atom stereocenters. The van der Waals surface area contributed by atoms with Gasteiger partial charge in [-0.1, -0.05) is 32.1 Å². The van der Waals surface area contributed by atoms with Crippen LogP contribution in [0.1, 0.15) is 49.7 Å². The molecule has 0 unspecified atom stereocenters. The molecule has 3 heteroatoms. The summed E-state index contributed by atoms with van der Waals surface area (Å²) in [4.78, 5) is 7.08. The van der Waals surface area contributed by atoms with Gasteiger partial charge >= 0.3 is 0 Å². The maximum atomic E-state index is 4.56. The van der Waals surface area contributed by atoms with Crippen molar-refractivity contribution in [2.24, 2.45) is 5.92 Å². The monoisotopic (exact) mass is 287 g/mol. The third-order valence-electron chi connectivity index (χ3n) is 5.18. The Bertz CT molecular complexity index is 452. The van der Waals surface area contributed by atoms with E-state index in [-0.39, 0.29) is 0 Å². The summed E-state index contributed by atoms with van der Waals surface area (Å²) in [5.74, 6) is 0.903. The summed E-state index contributed by atoms with van der Waals surface area (Å²) >= 11 is 0. The fourth-order valence-electron chi connectivity index (χ4n) is 4.00. The highest BCUT2D eigenvalue weighted by Gasteiger charge is 2.22. The molecule has 1 aromatic heterocycles. The molecule has 0 radical (unpaired) electrons. The van der Waals surface area contributed by atoms with Crippen LogP contribution in [0.15, 0.2) is 12.4 Å². The van der Waals surface area contributed by atoms with Crippen molar-refractivity contribution in [2.75, 3.05) is 31.6 Å². The summed E-state index contributed by atoms with van der Waals surface area (Å²) in [7, 11) is 2.03. The van der Waals surface area contributed by atoms with Gasteiger partial charge in [-0.15, -0.1) is 0 Å². The van der Waals surface area contributed by atoms with Gasteiger partial charge in [0, 0.05) is 25.8 Å². The highest BCUT2D eigenvalue weighted by Crippen LogP contribution is 2.33. The lowest BCUT2D eigenvalue weighted by Crippen LogP contribution is -2.35. The molecule has 116 valence electrons. The third-order valence-corrected chi connectivity index (χ3v) is 5.18. The first-order chi connectivity index (χ1) is 10.4. The van der Waals surface area contributed by atoms with Crippen LogP contribution in [0, 0.1) is 5.92 Å². The van der Waals surface area contributed by atoms with Crippen LogP contribution < -0.4 is 10.2 Å². The maximum Gasteiger partial charge on any atom is 0.0588 e. The molecule has 1 fully saturated rings. The lowest BCUT2D eigenvalue weighted by molar-refractivity contribution is 0.355. The van der Waals surface area contributed by atoms with Crippen LogP contribution in [0.2, 0.25) is 0 Å². The van der Waals surface area contributed by atoms with Crippen LogP contribution in [0.25, 0.3) is 0 Å². The number of nitrogens with one attached hydrogen (secondary N) is 1. The topological polar surface area (TPSA) is 28.2 Å². The molecule has 1 aliphatic carbocycles. The quantitative estimate of drug-likeness (QED) is 0.901. The normalized spacial score (nSPS) is 19.6. The molecule has 1 N–H and O–H groups in total. The molecule has 3 rings (SSSR count). The molecule has 0 saturated heterocycles. The van der Waals surface area contributed by atoms with Crippen LogP contribution >= 0.6 is 0 Å². The summed E-state index contributed by atoms with van der Waals surface area (Å²) in [5.41, 5.74) is 4.54. The Balaban J connectivity index is 1.75. The number of likely N-dealkylation sites (N-methyl/N-ethyl adjacent to an activating group) is 1. The summed E-state index contributed by atoms with van der Waals surface area (Å²) in [6.07, 6.45) is 15.2. The van der Waals surface area contributed by atoms with E-state index in [0.29, 0.717) is 0 Å². The average molecular weight is 287 g/mol. The van der Waals surface area contributed by atoms with Crippen molar-refractivity contribution in [1.29, 1.82) is 0 Å². The van der Waals surface area contributed by atoms with E-state index in [1.54, 1.807) is 5.56 Å². The molecule has 1 saturated carbocycles. The zero-order valence-corrected chi connectivity index (χ0v) is 13.4. The average Bonchev–Trinajstić information content (AvgIpc) is 2.54. The van der Waals surface area contributed by atoms with Gasteiger partial charge in [-0.3, -0.25) is 4.98 Å². The molecule has 1 aromatic rings. The summed E-state index contributed by atoms with van der Waals surface area (Å²) in [6.45, 7) is 3.33. The summed E-state index contributed by atoms with van der Waals surface area (Å²) in [6, 6.07) is 0. The molecule has 3 nitrogen and oxygen atoms in total. The number of nitrogens with zero attached hydrogens (tertiary/aromatic N) is 2. The SMILES string of the molecule is CNCCN1CCCc2c(CC3CCCCC3)cncc21. The van der Waals surface area contributed by atoms with Crippen molar-refractivity contribution >= 4 is 5.69 Å².